The summed E-state index contributed by atoms with van der Waals surface area (Å²) in [7, 11) is 0. The van der Waals surface area contributed by atoms with Crippen LogP contribution in [0.25, 0.3) is 11.1 Å². The van der Waals surface area contributed by atoms with Gasteiger partial charge in [0, 0.05) is 24.9 Å². The lowest BCUT2D eigenvalue weighted by atomic mass is 9.98. The number of fused-ring (bicyclic) bond motifs is 3. The molecule has 7 nitrogen and oxygen atoms in total. The van der Waals surface area contributed by atoms with Crippen LogP contribution in [0, 0.1) is 5.92 Å². The zero-order valence-electron chi connectivity index (χ0n) is 18.8. The van der Waals surface area contributed by atoms with E-state index in [2.05, 4.69) is 29.6 Å². The van der Waals surface area contributed by atoms with E-state index in [0.29, 0.717) is 19.6 Å². The smallest absolute Gasteiger partial charge is 0.410 e. The average molecular weight is 438 g/mol. The fourth-order valence-corrected chi connectivity index (χ4v) is 4.54. The van der Waals surface area contributed by atoms with Gasteiger partial charge >= 0.3 is 12.2 Å². The van der Waals surface area contributed by atoms with Crippen molar-refractivity contribution in [3.63, 3.8) is 0 Å². The summed E-state index contributed by atoms with van der Waals surface area (Å²) in [6.45, 7) is 6.87. The van der Waals surface area contributed by atoms with Crippen molar-refractivity contribution in [2.75, 3.05) is 26.2 Å². The lowest BCUT2D eigenvalue weighted by Crippen LogP contribution is -2.43. The Morgan fingerprint density at radius 2 is 1.62 bits per heavy atom. The fourth-order valence-electron chi connectivity index (χ4n) is 4.54. The third-order valence-electron chi connectivity index (χ3n) is 6.04. The molecule has 0 unspecified atom stereocenters. The molecule has 2 atom stereocenters. The van der Waals surface area contributed by atoms with Crippen molar-refractivity contribution >= 4 is 12.2 Å². The highest BCUT2D eigenvalue weighted by atomic mass is 16.6. The topological polar surface area (TPSA) is 93.9 Å². The van der Waals surface area contributed by atoms with Gasteiger partial charge in [-0.05, 0) is 49.6 Å². The number of likely N-dealkylation sites (tertiary alicyclic amines) is 1. The van der Waals surface area contributed by atoms with Gasteiger partial charge in [0.1, 0.15) is 12.2 Å². The Morgan fingerprint density at radius 1 is 1.03 bits per heavy atom. The molecule has 1 fully saturated rings. The second kappa shape index (κ2) is 8.82. The lowest BCUT2D eigenvalue weighted by Gasteiger charge is -2.24. The molecule has 3 N–H and O–H groups in total. The molecule has 2 amide bonds. The highest BCUT2D eigenvalue weighted by Gasteiger charge is 2.38. The van der Waals surface area contributed by atoms with Gasteiger partial charge in [0.15, 0.2) is 0 Å². The van der Waals surface area contributed by atoms with Gasteiger partial charge in [0.2, 0.25) is 0 Å². The molecule has 4 rings (SSSR count). The van der Waals surface area contributed by atoms with Crippen LogP contribution in [-0.4, -0.2) is 55.0 Å². The van der Waals surface area contributed by atoms with Crippen LogP contribution >= 0.6 is 0 Å². The maximum absolute atomic E-state index is 12.6. The number of carbonyl (C=O) groups is 2. The van der Waals surface area contributed by atoms with E-state index in [-0.39, 0.29) is 24.5 Å². The summed E-state index contributed by atoms with van der Waals surface area (Å²) in [5.74, 6) is -0.0525. The fraction of sp³-hybridized carbons (Fsp3) is 0.440. The van der Waals surface area contributed by atoms with Crippen molar-refractivity contribution in [3.05, 3.63) is 59.7 Å². The van der Waals surface area contributed by atoms with Gasteiger partial charge in [-0.3, -0.25) is 0 Å². The van der Waals surface area contributed by atoms with Crippen molar-refractivity contribution < 1.29 is 19.1 Å². The number of nitrogens with one attached hydrogen (secondary N) is 1. The first-order valence-electron chi connectivity index (χ1n) is 11.1. The number of hydrogen-bond acceptors (Lipinski definition) is 5. The number of benzene rings is 2. The first-order valence-corrected chi connectivity index (χ1v) is 11.1. The highest BCUT2D eigenvalue weighted by molar-refractivity contribution is 5.79. The van der Waals surface area contributed by atoms with Gasteiger partial charge in [0.25, 0.3) is 0 Å². The van der Waals surface area contributed by atoms with Crippen LogP contribution in [0.15, 0.2) is 48.5 Å². The first kappa shape index (κ1) is 22.1. The second-order valence-electron chi connectivity index (χ2n) is 9.46. The van der Waals surface area contributed by atoms with Crippen LogP contribution < -0.4 is 11.1 Å². The van der Waals surface area contributed by atoms with Gasteiger partial charge in [-0.15, -0.1) is 0 Å². The first-order chi connectivity index (χ1) is 15.3. The minimum atomic E-state index is -0.576. The Morgan fingerprint density at radius 3 is 2.19 bits per heavy atom. The third kappa shape index (κ3) is 4.58. The minimum Gasteiger partial charge on any atom is -0.449 e. The molecule has 0 bridgehead atoms. The molecule has 170 valence electrons. The minimum absolute atomic E-state index is 0.000273. The van der Waals surface area contributed by atoms with E-state index in [0.717, 1.165) is 0 Å². The predicted molar refractivity (Wildman–Crippen MR) is 122 cm³/mol. The molecule has 2 aromatic carbocycles. The van der Waals surface area contributed by atoms with Gasteiger partial charge in [-0.25, -0.2) is 9.59 Å². The summed E-state index contributed by atoms with van der Waals surface area (Å²) in [4.78, 5) is 26.6. The summed E-state index contributed by atoms with van der Waals surface area (Å²) in [5.41, 5.74) is 10.0. The number of hydrogen-bond donors (Lipinski definition) is 2. The maximum Gasteiger partial charge on any atom is 0.410 e. The molecule has 1 aliphatic heterocycles. The Kier molecular flexibility index (Phi) is 6.11. The van der Waals surface area contributed by atoms with Crippen molar-refractivity contribution in [1.29, 1.82) is 0 Å². The monoisotopic (exact) mass is 437 g/mol. The third-order valence-corrected chi connectivity index (χ3v) is 6.04. The van der Waals surface area contributed by atoms with Crippen LogP contribution in [0.1, 0.15) is 37.8 Å². The molecule has 7 heteroatoms. The molecular formula is C25H31N3O4. The summed E-state index contributed by atoms with van der Waals surface area (Å²) >= 11 is 0. The van der Waals surface area contributed by atoms with Crippen LogP contribution in [0.5, 0.6) is 0 Å². The Balaban J connectivity index is 1.38. The number of nitrogens with two attached hydrogens (primary N) is 1. The van der Waals surface area contributed by atoms with E-state index in [9.17, 15) is 9.59 Å². The molecule has 1 saturated heterocycles. The molecule has 1 aliphatic carbocycles. The van der Waals surface area contributed by atoms with E-state index >= 15 is 0 Å². The average Bonchev–Trinajstić information content (AvgIpc) is 3.30. The Bertz CT molecular complexity index is 955. The van der Waals surface area contributed by atoms with E-state index in [4.69, 9.17) is 15.2 Å². The molecule has 0 aromatic heterocycles. The number of nitrogens with zero attached hydrogens (tertiary/aromatic N) is 1. The predicted octanol–water partition coefficient (Wildman–Crippen LogP) is 3.72. The normalized spacial score (nSPS) is 19.9. The van der Waals surface area contributed by atoms with Gasteiger partial charge in [-0.1, -0.05) is 48.5 Å². The van der Waals surface area contributed by atoms with E-state index in [1.54, 1.807) is 4.90 Å². The van der Waals surface area contributed by atoms with E-state index in [1.165, 1.54) is 22.3 Å². The van der Waals surface area contributed by atoms with Crippen LogP contribution in [0.3, 0.4) is 0 Å². The van der Waals surface area contributed by atoms with Crippen LogP contribution in [-0.2, 0) is 9.47 Å². The zero-order chi connectivity index (χ0) is 22.9. The van der Waals surface area contributed by atoms with Crippen molar-refractivity contribution in [3.8, 4) is 11.1 Å². The molecule has 0 saturated carbocycles. The number of rotatable bonds is 4. The Labute approximate surface area is 188 Å². The zero-order valence-corrected chi connectivity index (χ0v) is 18.8. The second-order valence-corrected chi connectivity index (χ2v) is 9.46. The standard InChI is InChI=1S/C25H31N3O4/c1-25(2,3)32-24(30)28-13-16(12-26)22(14-28)27-23(29)31-15-21-19-10-6-4-8-17(19)18-9-5-7-11-20(18)21/h4-11,16,21-22H,12-15,26H2,1-3H3,(H,27,29)/t16-,22-/m1/s1. The SMILES string of the molecule is CC(C)(C)OC(=O)N1C[C@@H](CN)[C@H](NC(=O)OCC2c3ccccc3-c3ccccc32)C1. The van der Waals surface area contributed by atoms with E-state index in [1.807, 2.05) is 45.0 Å². The molecule has 2 aliphatic rings. The quantitative estimate of drug-likeness (QED) is 0.760. The van der Waals surface area contributed by atoms with Gasteiger partial charge in [0.05, 0.1) is 6.04 Å². The summed E-state index contributed by atoms with van der Waals surface area (Å²) in [6, 6.07) is 16.2. The van der Waals surface area contributed by atoms with E-state index < -0.39 is 17.8 Å². The number of ether oxygens (including phenoxy) is 2. The molecule has 1 heterocycles. The van der Waals surface area contributed by atoms with Crippen molar-refractivity contribution in [2.24, 2.45) is 11.7 Å². The maximum atomic E-state index is 12.6. The Hall–Kier alpha value is -3.06. The van der Waals surface area contributed by atoms with Crippen LogP contribution in [0.2, 0.25) is 0 Å². The van der Waals surface area contributed by atoms with Crippen molar-refractivity contribution in [1.82, 2.24) is 10.2 Å². The lowest BCUT2D eigenvalue weighted by molar-refractivity contribution is 0.0285. The number of alkyl carbamates (subject to hydrolysis) is 1. The molecule has 0 radical (unpaired) electrons. The highest BCUT2D eigenvalue weighted by Crippen LogP contribution is 2.44. The molecule has 0 spiro atoms. The van der Waals surface area contributed by atoms with Crippen molar-refractivity contribution in [2.45, 2.75) is 38.3 Å². The van der Waals surface area contributed by atoms with Gasteiger partial charge in [-0.2, -0.15) is 0 Å². The molecule has 32 heavy (non-hydrogen) atoms. The number of carbonyl (C=O) groups excluding carboxylic acids is 2. The van der Waals surface area contributed by atoms with Crippen LogP contribution in [0.4, 0.5) is 9.59 Å². The van der Waals surface area contributed by atoms with Gasteiger partial charge < -0.3 is 25.4 Å². The summed E-state index contributed by atoms with van der Waals surface area (Å²) in [6.07, 6.45) is -0.894. The number of amides is 2. The summed E-state index contributed by atoms with van der Waals surface area (Å²) < 4.78 is 11.1. The largest absolute Gasteiger partial charge is 0.449 e. The molecule has 2 aromatic rings. The summed E-state index contributed by atoms with van der Waals surface area (Å²) in [5, 5.41) is 2.91. The molecular weight excluding hydrogens is 406 g/mol.